The predicted molar refractivity (Wildman–Crippen MR) is 125 cm³/mol. The largest absolute Gasteiger partial charge is 0.378 e. The van der Waals surface area contributed by atoms with E-state index in [1.807, 2.05) is 64.5 Å². The molecule has 4 aromatic rings. The van der Waals surface area contributed by atoms with Crippen LogP contribution in [0, 0.1) is 0 Å². The number of morpholine rings is 1. The van der Waals surface area contributed by atoms with E-state index in [9.17, 15) is 4.79 Å². The van der Waals surface area contributed by atoms with Gasteiger partial charge < -0.3 is 15.0 Å². The Bertz CT molecular complexity index is 1220. The number of nitrogens with one attached hydrogen (secondary N) is 1. The standard InChI is InChI=1S/C23H21ClN4O2S/c24-18-7-4-8-19(22(18)27-9-11-30-12-10-27)25-21(29)13-17-15-31-23-26-20(14-28(17)23)16-5-2-1-3-6-16/h1-8,14-15H,9-13H2,(H,25,29). The Balaban J connectivity index is 1.36. The van der Waals surface area contributed by atoms with Gasteiger partial charge in [-0.3, -0.25) is 9.20 Å². The molecule has 5 rings (SSSR count). The topological polar surface area (TPSA) is 58.9 Å². The first kappa shape index (κ1) is 20.1. The first-order valence-electron chi connectivity index (χ1n) is 10.1. The number of carbonyl (C=O) groups excluding carboxylic acids is 1. The Hall–Kier alpha value is -2.87. The smallest absolute Gasteiger partial charge is 0.230 e. The number of benzene rings is 2. The molecule has 3 heterocycles. The Labute approximate surface area is 189 Å². The maximum absolute atomic E-state index is 12.9. The summed E-state index contributed by atoms with van der Waals surface area (Å²) < 4.78 is 7.44. The van der Waals surface area contributed by atoms with Gasteiger partial charge >= 0.3 is 0 Å². The summed E-state index contributed by atoms with van der Waals surface area (Å²) in [7, 11) is 0. The second-order valence-electron chi connectivity index (χ2n) is 7.33. The second-order valence-corrected chi connectivity index (χ2v) is 8.58. The number of hydrogen-bond acceptors (Lipinski definition) is 5. The van der Waals surface area contributed by atoms with Crippen molar-refractivity contribution in [2.75, 3.05) is 36.5 Å². The molecule has 1 aliphatic heterocycles. The van der Waals surface area contributed by atoms with Crippen LogP contribution in [-0.2, 0) is 16.0 Å². The summed E-state index contributed by atoms with van der Waals surface area (Å²) >= 11 is 8.02. The van der Waals surface area contributed by atoms with E-state index in [0.29, 0.717) is 18.2 Å². The van der Waals surface area contributed by atoms with Crippen molar-refractivity contribution in [3.63, 3.8) is 0 Å². The number of fused-ring (bicyclic) bond motifs is 1. The fraction of sp³-hybridized carbons (Fsp3) is 0.217. The molecule has 0 spiro atoms. The van der Waals surface area contributed by atoms with Crippen LogP contribution in [-0.4, -0.2) is 41.6 Å². The van der Waals surface area contributed by atoms with Gasteiger partial charge in [0, 0.05) is 35.9 Å². The van der Waals surface area contributed by atoms with E-state index in [1.54, 1.807) is 0 Å². The lowest BCUT2D eigenvalue weighted by Crippen LogP contribution is -2.37. The monoisotopic (exact) mass is 452 g/mol. The fourth-order valence-electron chi connectivity index (χ4n) is 3.79. The molecule has 31 heavy (non-hydrogen) atoms. The van der Waals surface area contributed by atoms with E-state index >= 15 is 0 Å². The lowest BCUT2D eigenvalue weighted by molar-refractivity contribution is -0.115. The quantitative estimate of drug-likeness (QED) is 0.475. The molecule has 0 aliphatic carbocycles. The summed E-state index contributed by atoms with van der Waals surface area (Å²) in [6.45, 7) is 2.79. The lowest BCUT2D eigenvalue weighted by atomic mass is 10.2. The number of halogens is 1. The molecule has 0 bridgehead atoms. The summed E-state index contributed by atoms with van der Waals surface area (Å²) in [6, 6.07) is 15.6. The summed E-state index contributed by atoms with van der Waals surface area (Å²) in [5, 5.41) is 5.66. The van der Waals surface area contributed by atoms with Crippen LogP contribution in [0.15, 0.2) is 60.1 Å². The van der Waals surface area contributed by atoms with Gasteiger partial charge in [-0.1, -0.05) is 48.0 Å². The average molecular weight is 453 g/mol. The number of amides is 1. The highest BCUT2D eigenvalue weighted by Gasteiger charge is 2.20. The molecule has 2 aromatic carbocycles. The zero-order chi connectivity index (χ0) is 21.2. The zero-order valence-corrected chi connectivity index (χ0v) is 18.3. The molecule has 1 amide bonds. The van der Waals surface area contributed by atoms with Gasteiger partial charge in [-0.05, 0) is 12.1 Å². The van der Waals surface area contributed by atoms with Gasteiger partial charge in [0.15, 0.2) is 4.96 Å². The van der Waals surface area contributed by atoms with Crippen molar-refractivity contribution in [3.8, 4) is 11.3 Å². The minimum absolute atomic E-state index is 0.0913. The molecule has 0 atom stereocenters. The first-order chi connectivity index (χ1) is 15.2. The van der Waals surface area contributed by atoms with Crippen LogP contribution in [0.5, 0.6) is 0 Å². The van der Waals surface area contributed by atoms with E-state index in [0.717, 1.165) is 46.4 Å². The number of carbonyl (C=O) groups is 1. The second kappa shape index (κ2) is 8.70. The highest BCUT2D eigenvalue weighted by atomic mass is 35.5. The van der Waals surface area contributed by atoms with Gasteiger partial charge in [0.25, 0.3) is 0 Å². The van der Waals surface area contributed by atoms with Gasteiger partial charge in [-0.2, -0.15) is 0 Å². The SMILES string of the molecule is O=C(Cc1csc2nc(-c3ccccc3)cn12)Nc1cccc(Cl)c1N1CCOCC1. The summed E-state index contributed by atoms with van der Waals surface area (Å²) in [6.07, 6.45) is 2.24. The molecular formula is C23H21ClN4O2S. The number of anilines is 2. The third-order valence-corrected chi connectivity index (χ3v) is 6.48. The Morgan fingerprint density at radius 3 is 2.74 bits per heavy atom. The zero-order valence-electron chi connectivity index (χ0n) is 16.8. The van der Waals surface area contributed by atoms with E-state index in [4.69, 9.17) is 21.3 Å². The Kier molecular flexibility index (Phi) is 5.63. The molecule has 1 aliphatic rings. The van der Waals surface area contributed by atoms with Crippen molar-refractivity contribution >= 4 is 45.2 Å². The van der Waals surface area contributed by atoms with Crippen LogP contribution in [0.25, 0.3) is 16.2 Å². The number of hydrogen-bond donors (Lipinski definition) is 1. The molecule has 6 nitrogen and oxygen atoms in total. The van der Waals surface area contributed by atoms with Gasteiger partial charge in [-0.25, -0.2) is 4.98 Å². The Morgan fingerprint density at radius 2 is 1.94 bits per heavy atom. The molecule has 158 valence electrons. The maximum Gasteiger partial charge on any atom is 0.230 e. The van der Waals surface area contributed by atoms with Crippen molar-refractivity contribution < 1.29 is 9.53 Å². The average Bonchev–Trinajstić information content (AvgIpc) is 3.37. The first-order valence-corrected chi connectivity index (χ1v) is 11.4. The minimum Gasteiger partial charge on any atom is -0.378 e. The molecule has 0 unspecified atom stereocenters. The van der Waals surface area contributed by atoms with Crippen molar-refractivity contribution in [2.45, 2.75) is 6.42 Å². The summed E-state index contributed by atoms with van der Waals surface area (Å²) in [5.41, 5.74) is 4.44. The molecular weight excluding hydrogens is 432 g/mol. The van der Waals surface area contributed by atoms with E-state index in [2.05, 4.69) is 10.2 Å². The van der Waals surface area contributed by atoms with E-state index < -0.39 is 0 Å². The van der Waals surface area contributed by atoms with Crippen LogP contribution in [0.1, 0.15) is 5.69 Å². The number of aromatic nitrogens is 2. The number of thiazole rings is 1. The maximum atomic E-state index is 12.9. The lowest BCUT2D eigenvalue weighted by Gasteiger charge is -2.31. The minimum atomic E-state index is -0.0913. The summed E-state index contributed by atoms with van der Waals surface area (Å²) in [5.74, 6) is -0.0913. The highest BCUT2D eigenvalue weighted by molar-refractivity contribution is 7.15. The van der Waals surface area contributed by atoms with Crippen molar-refractivity contribution in [3.05, 3.63) is 70.8 Å². The molecule has 1 saturated heterocycles. The van der Waals surface area contributed by atoms with E-state index in [-0.39, 0.29) is 12.3 Å². The van der Waals surface area contributed by atoms with Gasteiger partial charge in [0.05, 0.1) is 41.7 Å². The van der Waals surface area contributed by atoms with E-state index in [1.165, 1.54) is 11.3 Å². The van der Waals surface area contributed by atoms with Crippen molar-refractivity contribution in [2.24, 2.45) is 0 Å². The van der Waals surface area contributed by atoms with Gasteiger partial charge in [0.2, 0.25) is 5.91 Å². The fourth-order valence-corrected chi connectivity index (χ4v) is 4.95. The van der Waals surface area contributed by atoms with Crippen molar-refractivity contribution in [1.82, 2.24) is 9.38 Å². The van der Waals surface area contributed by atoms with Gasteiger partial charge in [0.1, 0.15) is 0 Å². The molecule has 0 radical (unpaired) electrons. The molecule has 1 fully saturated rings. The number of imidazole rings is 1. The van der Waals surface area contributed by atoms with Crippen LogP contribution in [0.4, 0.5) is 11.4 Å². The predicted octanol–water partition coefficient (Wildman–Crippen LogP) is 4.73. The third-order valence-electron chi connectivity index (χ3n) is 5.28. The molecule has 8 heteroatoms. The van der Waals surface area contributed by atoms with Crippen LogP contribution in [0.2, 0.25) is 5.02 Å². The number of rotatable bonds is 5. The molecule has 2 aromatic heterocycles. The van der Waals surface area contributed by atoms with Crippen molar-refractivity contribution in [1.29, 1.82) is 0 Å². The third kappa shape index (κ3) is 4.17. The Morgan fingerprint density at radius 1 is 1.13 bits per heavy atom. The van der Waals surface area contributed by atoms with Crippen LogP contribution in [0.3, 0.4) is 0 Å². The number of nitrogens with zero attached hydrogens (tertiary/aromatic N) is 3. The molecule has 1 N–H and O–H groups in total. The van der Waals surface area contributed by atoms with Crippen LogP contribution < -0.4 is 10.2 Å². The molecule has 0 saturated carbocycles. The van der Waals surface area contributed by atoms with Crippen LogP contribution >= 0.6 is 22.9 Å². The summed E-state index contributed by atoms with van der Waals surface area (Å²) in [4.78, 5) is 20.6. The normalized spacial score (nSPS) is 14.2. The highest BCUT2D eigenvalue weighted by Crippen LogP contribution is 2.34. The number of ether oxygens (including phenoxy) is 1. The number of para-hydroxylation sites is 1. The van der Waals surface area contributed by atoms with Gasteiger partial charge in [-0.15, -0.1) is 11.3 Å².